The van der Waals surface area contributed by atoms with Gasteiger partial charge in [0.05, 0.1) is 35.9 Å². The van der Waals surface area contributed by atoms with Crippen LogP contribution in [0.1, 0.15) is 31.2 Å². The topological polar surface area (TPSA) is 74.7 Å². The lowest BCUT2D eigenvalue weighted by Gasteiger charge is -2.46. The van der Waals surface area contributed by atoms with E-state index in [4.69, 9.17) is 9.72 Å². The second-order valence-corrected chi connectivity index (χ2v) is 9.94. The average molecular weight is 473 g/mol. The van der Waals surface area contributed by atoms with Crippen LogP contribution in [-0.2, 0) is 16.1 Å². The number of hydrogen-bond donors (Lipinski definition) is 0. The lowest BCUT2D eigenvalue weighted by molar-refractivity contribution is -0.148. The molecule has 5 heterocycles. The number of pyridine rings is 1. The van der Waals surface area contributed by atoms with Crippen molar-refractivity contribution in [3.05, 3.63) is 54.4 Å². The summed E-state index contributed by atoms with van der Waals surface area (Å²) in [5, 5.41) is 0. The number of carbonyl (C=O) groups excluding carboxylic acids is 1. The smallest absolute Gasteiger partial charge is 0.229 e. The number of rotatable bonds is 4. The van der Waals surface area contributed by atoms with Crippen LogP contribution in [0.3, 0.4) is 0 Å². The van der Waals surface area contributed by atoms with Gasteiger partial charge in [-0.2, -0.15) is 0 Å². The summed E-state index contributed by atoms with van der Waals surface area (Å²) in [5.74, 6) is 2.21. The van der Waals surface area contributed by atoms with Crippen LogP contribution >= 0.6 is 0 Å². The molecule has 3 aliphatic heterocycles. The molecule has 182 valence electrons. The first kappa shape index (κ1) is 22.2. The molecule has 1 spiro atoms. The average Bonchev–Trinajstić information content (AvgIpc) is 2.92. The Hall–Kier alpha value is -3.26. The van der Waals surface area contributed by atoms with Gasteiger partial charge in [-0.3, -0.25) is 9.78 Å². The molecule has 0 bridgehead atoms. The molecule has 35 heavy (non-hydrogen) atoms. The van der Waals surface area contributed by atoms with Gasteiger partial charge < -0.3 is 19.4 Å². The summed E-state index contributed by atoms with van der Waals surface area (Å²) in [6.45, 7) is 6.35. The summed E-state index contributed by atoms with van der Waals surface area (Å²) in [6, 6.07) is 12.1. The maximum atomic E-state index is 13.7. The second-order valence-electron chi connectivity index (χ2n) is 9.94. The molecule has 3 saturated heterocycles. The summed E-state index contributed by atoms with van der Waals surface area (Å²) in [4.78, 5) is 34.3. The first-order valence-corrected chi connectivity index (χ1v) is 12.7. The van der Waals surface area contributed by atoms with Gasteiger partial charge in [0.15, 0.2) is 0 Å². The van der Waals surface area contributed by atoms with Crippen molar-refractivity contribution in [1.82, 2.24) is 19.9 Å². The van der Waals surface area contributed by atoms with Crippen molar-refractivity contribution < 1.29 is 9.53 Å². The number of amides is 1. The standard InChI is InChI=1S/C27H32N6O2/c34-26-27(8-12-31(13-9-27)25-19-29-22-4-1-2-5-23(22)30-25)7-3-11-33(26)20-21-6-10-28-24(18-21)32-14-16-35-17-15-32/h1-2,4-6,10,18-19H,3,7-9,11-17,20H2. The molecule has 3 aliphatic rings. The van der Waals surface area contributed by atoms with Crippen molar-refractivity contribution in [2.24, 2.45) is 5.41 Å². The zero-order chi connectivity index (χ0) is 23.7. The van der Waals surface area contributed by atoms with Gasteiger partial charge in [-0.1, -0.05) is 12.1 Å². The number of nitrogens with zero attached hydrogens (tertiary/aromatic N) is 6. The molecule has 0 unspecified atom stereocenters. The number of anilines is 2. The van der Waals surface area contributed by atoms with E-state index in [-0.39, 0.29) is 5.41 Å². The van der Waals surface area contributed by atoms with Crippen LogP contribution in [0, 0.1) is 5.41 Å². The number of hydrogen-bond acceptors (Lipinski definition) is 7. The molecule has 1 amide bonds. The van der Waals surface area contributed by atoms with Crippen LogP contribution in [0.4, 0.5) is 11.6 Å². The van der Waals surface area contributed by atoms with E-state index in [1.165, 1.54) is 0 Å². The minimum Gasteiger partial charge on any atom is -0.378 e. The normalized spacial score (nSPS) is 20.6. The summed E-state index contributed by atoms with van der Waals surface area (Å²) < 4.78 is 5.47. The van der Waals surface area contributed by atoms with Crippen molar-refractivity contribution >= 4 is 28.6 Å². The van der Waals surface area contributed by atoms with Crippen molar-refractivity contribution in [3.8, 4) is 0 Å². The largest absolute Gasteiger partial charge is 0.378 e. The highest BCUT2D eigenvalue weighted by atomic mass is 16.5. The number of para-hydroxylation sites is 2. The monoisotopic (exact) mass is 472 g/mol. The minimum absolute atomic E-state index is 0.251. The number of aromatic nitrogens is 3. The number of morpholine rings is 1. The Labute approximate surface area is 205 Å². The molecule has 0 N–H and O–H groups in total. The van der Waals surface area contributed by atoms with Crippen LogP contribution in [0.2, 0.25) is 0 Å². The molecule has 8 heteroatoms. The summed E-state index contributed by atoms with van der Waals surface area (Å²) in [7, 11) is 0. The Balaban J connectivity index is 1.13. The van der Waals surface area contributed by atoms with Crippen LogP contribution in [0.15, 0.2) is 48.8 Å². The molecule has 0 aliphatic carbocycles. The quantitative estimate of drug-likeness (QED) is 0.577. The van der Waals surface area contributed by atoms with Gasteiger partial charge in [0.2, 0.25) is 5.91 Å². The van der Waals surface area contributed by atoms with E-state index in [0.717, 1.165) is 99.9 Å². The molecule has 8 nitrogen and oxygen atoms in total. The van der Waals surface area contributed by atoms with E-state index >= 15 is 0 Å². The molecule has 2 aromatic heterocycles. The molecule has 0 atom stereocenters. The van der Waals surface area contributed by atoms with Crippen molar-refractivity contribution in [1.29, 1.82) is 0 Å². The maximum Gasteiger partial charge on any atom is 0.229 e. The number of fused-ring (bicyclic) bond motifs is 1. The van der Waals surface area contributed by atoms with E-state index in [1.54, 1.807) is 0 Å². The second kappa shape index (κ2) is 9.41. The van der Waals surface area contributed by atoms with E-state index in [1.807, 2.05) is 42.7 Å². The van der Waals surface area contributed by atoms with Gasteiger partial charge in [0.25, 0.3) is 0 Å². The molecule has 6 rings (SSSR count). The molecule has 3 fully saturated rings. The zero-order valence-corrected chi connectivity index (χ0v) is 20.1. The summed E-state index contributed by atoms with van der Waals surface area (Å²) in [6.07, 6.45) is 7.51. The van der Waals surface area contributed by atoms with Crippen molar-refractivity contribution in [2.45, 2.75) is 32.2 Å². The van der Waals surface area contributed by atoms with Gasteiger partial charge in [-0.25, -0.2) is 9.97 Å². The Morgan fingerprint density at radius 3 is 2.46 bits per heavy atom. The van der Waals surface area contributed by atoms with Crippen LogP contribution in [0.5, 0.6) is 0 Å². The number of likely N-dealkylation sites (tertiary alicyclic amines) is 1. The lowest BCUT2D eigenvalue weighted by Crippen LogP contribution is -2.53. The molecule has 3 aromatic rings. The molecular formula is C27H32N6O2. The third-order valence-electron chi connectivity index (χ3n) is 7.82. The fourth-order valence-electron chi connectivity index (χ4n) is 5.78. The molecule has 0 radical (unpaired) electrons. The SMILES string of the molecule is O=C1N(Cc2ccnc(N3CCOCC3)c2)CCCC12CCN(c1cnc3ccccc3n1)CC2. The van der Waals surface area contributed by atoms with E-state index < -0.39 is 0 Å². The number of ether oxygens (including phenoxy) is 1. The van der Waals surface area contributed by atoms with Crippen LogP contribution < -0.4 is 9.80 Å². The fourth-order valence-corrected chi connectivity index (χ4v) is 5.78. The fraction of sp³-hybridized carbons (Fsp3) is 0.481. The lowest BCUT2D eigenvalue weighted by atomic mass is 9.71. The first-order valence-electron chi connectivity index (χ1n) is 12.7. The van der Waals surface area contributed by atoms with E-state index in [2.05, 4.69) is 30.7 Å². The Bertz CT molecular complexity index is 1200. The highest BCUT2D eigenvalue weighted by Crippen LogP contribution is 2.42. The van der Waals surface area contributed by atoms with Crippen molar-refractivity contribution in [3.63, 3.8) is 0 Å². The number of carbonyl (C=O) groups is 1. The van der Waals surface area contributed by atoms with Crippen LogP contribution in [0.25, 0.3) is 11.0 Å². The molecule has 0 saturated carbocycles. The van der Waals surface area contributed by atoms with Crippen LogP contribution in [-0.4, -0.2) is 71.7 Å². The predicted octanol–water partition coefficient (Wildman–Crippen LogP) is 3.27. The van der Waals surface area contributed by atoms with E-state index in [0.29, 0.717) is 12.5 Å². The molecule has 1 aromatic carbocycles. The Morgan fingerprint density at radius 2 is 1.63 bits per heavy atom. The molecular weight excluding hydrogens is 440 g/mol. The van der Waals surface area contributed by atoms with Gasteiger partial charge in [0, 0.05) is 45.5 Å². The summed E-state index contributed by atoms with van der Waals surface area (Å²) >= 11 is 0. The maximum absolute atomic E-state index is 13.7. The number of benzene rings is 1. The van der Waals surface area contributed by atoms with Gasteiger partial charge in [-0.05, 0) is 55.5 Å². The zero-order valence-electron chi connectivity index (χ0n) is 20.1. The van der Waals surface area contributed by atoms with Gasteiger partial charge in [0.1, 0.15) is 11.6 Å². The summed E-state index contributed by atoms with van der Waals surface area (Å²) in [5.41, 5.74) is 2.73. The third-order valence-corrected chi connectivity index (χ3v) is 7.82. The number of piperidine rings is 2. The highest BCUT2D eigenvalue weighted by Gasteiger charge is 2.45. The highest BCUT2D eigenvalue weighted by molar-refractivity contribution is 5.84. The van der Waals surface area contributed by atoms with E-state index in [9.17, 15) is 4.79 Å². The third kappa shape index (κ3) is 4.43. The van der Waals surface area contributed by atoms with Gasteiger partial charge in [-0.15, -0.1) is 0 Å². The Morgan fingerprint density at radius 1 is 0.857 bits per heavy atom. The van der Waals surface area contributed by atoms with Gasteiger partial charge >= 0.3 is 0 Å². The first-order chi connectivity index (χ1) is 17.2. The minimum atomic E-state index is -0.251. The predicted molar refractivity (Wildman–Crippen MR) is 135 cm³/mol. The Kier molecular flexibility index (Phi) is 5.98. The van der Waals surface area contributed by atoms with Crippen molar-refractivity contribution in [2.75, 3.05) is 55.7 Å².